The first-order chi connectivity index (χ1) is 13.7. The number of carbonyl (C=O) groups is 3. The second-order valence-corrected chi connectivity index (χ2v) is 7.24. The molecule has 0 bridgehead atoms. The zero-order chi connectivity index (χ0) is 21.6. The molecule has 0 heterocycles. The van der Waals surface area contributed by atoms with Crippen molar-refractivity contribution in [3.8, 4) is 0 Å². The summed E-state index contributed by atoms with van der Waals surface area (Å²) in [5.74, 6) is -1.24. The Labute approximate surface area is 171 Å². The van der Waals surface area contributed by atoms with E-state index >= 15 is 0 Å². The van der Waals surface area contributed by atoms with Gasteiger partial charge in [0.25, 0.3) is 0 Å². The molecule has 2 rings (SSSR count). The van der Waals surface area contributed by atoms with Gasteiger partial charge in [-0.2, -0.15) is 0 Å². The smallest absolute Gasteiger partial charge is 0.238 e. The molecule has 0 saturated carbocycles. The van der Waals surface area contributed by atoms with E-state index in [2.05, 4.69) is 10.6 Å². The van der Waals surface area contributed by atoms with E-state index in [0.29, 0.717) is 0 Å². The summed E-state index contributed by atoms with van der Waals surface area (Å²) in [6.45, 7) is 7.17. The van der Waals surface area contributed by atoms with Gasteiger partial charge < -0.3 is 16.4 Å². The number of benzene rings is 2. The van der Waals surface area contributed by atoms with Crippen molar-refractivity contribution in [1.82, 2.24) is 4.90 Å². The molecule has 0 aliphatic carbocycles. The highest BCUT2D eigenvalue weighted by Crippen LogP contribution is 2.20. The third-order valence-electron chi connectivity index (χ3n) is 4.60. The highest BCUT2D eigenvalue weighted by molar-refractivity contribution is 5.96. The minimum Gasteiger partial charge on any atom is -0.369 e. The maximum absolute atomic E-state index is 12.5. The lowest BCUT2D eigenvalue weighted by Gasteiger charge is -2.21. The van der Waals surface area contributed by atoms with Gasteiger partial charge in [-0.15, -0.1) is 0 Å². The van der Waals surface area contributed by atoms with Gasteiger partial charge >= 0.3 is 0 Å². The maximum atomic E-state index is 12.5. The second-order valence-electron chi connectivity index (χ2n) is 7.24. The van der Waals surface area contributed by atoms with Gasteiger partial charge in [-0.1, -0.05) is 36.4 Å². The van der Waals surface area contributed by atoms with Crippen LogP contribution in [0.1, 0.15) is 22.3 Å². The molecule has 3 amide bonds. The number of para-hydroxylation sites is 2. The quantitative estimate of drug-likeness (QED) is 0.637. The molecule has 0 saturated heterocycles. The van der Waals surface area contributed by atoms with Crippen LogP contribution < -0.4 is 16.4 Å². The van der Waals surface area contributed by atoms with Crippen molar-refractivity contribution in [3.05, 3.63) is 58.7 Å². The molecule has 7 nitrogen and oxygen atoms in total. The lowest BCUT2D eigenvalue weighted by Crippen LogP contribution is -2.43. The summed E-state index contributed by atoms with van der Waals surface area (Å²) in [7, 11) is 0. The van der Waals surface area contributed by atoms with E-state index in [4.69, 9.17) is 5.73 Å². The molecule has 154 valence electrons. The number of aryl methyl sites for hydroxylation is 4. The van der Waals surface area contributed by atoms with E-state index in [1.165, 1.54) is 4.90 Å². The molecule has 0 radical (unpaired) electrons. The molecular weight excluding hydrogens is 368 g/mol. The Morgan fingerprint density at radius 2 is 1.07 bits per heavy atom. The maximum Gasteiger partial charge on any atom is 0.238 e. The molecule has 2 aromatic rings. The number of nitrogens with zero attached hydrogens (tertiary/aromatic N) is 1. The topological polar surface area (TPSA) is 105 Å². The van der Waals surface area contributed by atoms with E-state index in [-0.39, 0.29) is 31.4 Å². The van der Waals surface area contributed by atoms with Crippen LogP contribution in [0.4, 0.5) is 11.4 Å². The monoisotopic (exact) mass is 396 g/mol. The fourth-order valence-corrected chi connectivity index (χ4v) is 3.18. The van der Waals surface area contributed by atoms with E-state index < -0.39 is 5.91 Å². The van der Waals surface area contributed by atoms with Crippen LogP contribution in [0.5, 0.6) is 0 Å². The fraction of sp³-hybridized carbons (Fsp3) is 0.318. The third kappa shape index (κ3) is 6.43. The predicted octanol–water partition coefficient (Wildman–Crippen LogP) is 2.28. The van der Waals surface area contributed by atoms with Crippen LogP contribution in [0, 0.1) is 27.7 Å². The van der Waals surface area contributed by atoms with Crippen molar-refractivity contribution in [2.45, 2.75) is 27.7 Å². The van der Waals surface area contributed by atoms with Crippen LogP contribution in [0.2, 0.25) is 0 Å². The molecule has 2 aromatic carbocycles. The molecule has 0 aliphatic heterocycles. The van der Waals surface area contributed by atoms with E-state index in [1.807, 2.05) is 64.1 Å². The molecular formula is C22H28N4O3. The average Bonchev–Trinajstić information content (AvgIpc) is 2.61. The number of primary amides is 1. The first-order valence-corrected chi connectivity index (χ1v) is 9.40. The van der Waals surface area contributed by atoms with Crippen molar-refractivity contribution in [3.63, 3.8) is 0 Å². The van der Waals surface area contributed by atoms with Crippen molar-refractivity contribution in [2.24, 2.45) is 5.73 Å². The Morgan fingerprint density at radius 1 is 0.724 bits per heavy atom. The highest BCUT2D eigenvalue weighted by atomic mass is 16.2. The summed E-state index contributed by atoms with van der Waals surface area (Å²) in [5.41, 5.74) is 10.5. The van der Waals surface area contributed by atoms with Gasteiger partial charge in [0.2, 0.25) is 17.7 Å². The first kappa shape index (κ1) is 22.1. The van der Waals surface area contributed by atoms with Crippen LogP contribution in [0.3, 0.4) is 0 Å². The van der Waals surface area contributed by atoms with Crippen LogP contribution in [-0.4, -0.2) is 42.3 Å². The Bertz CT molecular complexity index is 816. The standard InChI is InChI=1S/C22H28N4O3/c1-14-7-5-8-15(2)21(14)24-19(28)12-26(11-18(23)27)13-20(29)25-22-16(3)9-6-10-17(22)4/h5-10H,11-13H2,1-4H3,(H2,23,27)(H,24,28)(H,25,29). The number of hydrogen-bond donors (Lipinski definition) is 3. The molecule has 0 unspecified atom stereocenters. The predicted molar refractivity (Wildman–Crippen MR) is 115 cm³/mol. The molecule has 0 atom stereocenters. The van der Waals surface area contributed by atoms with Gasteiger partial charge in [0.15, 0.2) is 0 Å². The zero-order valence-electron chi connectivity index (χ0n) is 17.3. The van der Waals surface area contributed by atoms with Crippen LogP contribution in [0.15, 0.2) is 36.4 Å². The molecule has 29 heavy (non-hydrogen) atoms. The SMILES string of the molecule is Cc1cccc(C)c1NC(=O)CN(CC(N)=O)CC(=O)Nc1c(C)cccc1C. The van der Waals surface area contributed by atoms with Crippen LogP contribution >= 0.6 is 0 Å². The zero-order valence-corrected chi connectivity index (χ0v) is 17.3. The van der Waals surface area contributed by atoms with Gasteiger partial charge in [-0.3, -0.25) is 19.3 Å². The van der Waals surface area contributed by atoms with E-state index in [1.54, 1.807) is 0 Å². The summed E-state index contributed by atoms with van der Waals surface area (Å²) in [6.07, 6.45) is 0. The van der Waals surface area contributed by atoms with Gasteiger partial charge in [-0.25, -0.2) is 0 Å². The summed E-state index contributed by atoms with van der Waals surface area (Å²) < 4.78 is 0. The minimum absolute atomic E-state index is 0.128. The first-order valence-electron chi connectivity index (χ1n) is 9.40. The molecule has 7 heteroatoms. The molecule has 0 aliphatic rings. The van der Waals surface area contributed by atoms with E-state index in [0.717, 1.165) is 33.6 Å². The van der Waals surface area contributed by atoms with Gasteiger partial charge in [-0.05, 0) is 49.9 Å². The largest absolute Gasteiger partial charge is 0.369 e. The lowest BCUT2D eigenvalue weighted by molar-refractivity contribution is -0.123. The van der Waals surface area contributed by atoms with Crippen LogP contribution in [-0.2, 0) is 14.4 Å². The van der Waals surface area contributed by atoms with Crippen LogP contribution in [0.25, 0.3) is 0 Å². The summed E-state index contributed by atoms with van der Waals surface area (Å²) >= 11 is 0. The summed E-state index contributed by atoms with van der Waals surface area (Å²) in [5, 5.41) is 5.72. The number of nitrogens with two attached hydrogens (primary N) is 1. The molecule has 4 N–H and O–H groups in total. The number of rotatable bonds is 8. The van der Waals surface area contributed by atoms with Gasteiger partial charge in [0.1, 0.15) is 0 Å². The Morgan fingerprint density at radius 3 is 1.38 bits per heavy atom. The number of hydrogen-bond acceptors (Lipinski definition) is 4. The average molecular weight is 396 g/mol. The Hall–Kier alpha value is -3.19. The lowest BCUT2D eigenvalue weighted by atomic mass is 10.1. The molecule has 0 spiro atoms. The molecule has 0 fully saturated rings. The van der Waals surface area contributed by atoms with E-state index in [9.17, 15) is 14.4 Å². The number of amides is 3. The fourth-order valence-electron chi connectivity index (χ4n) is 3.18. The molecule has 0 aromatic heterocycles. The summed E-state index contributed by atoms with van der Waals surface area (Å²) in [6, 6.07) is 11.4. The third-order valence-corrected chi connectivity index (χ3v) is 4.60. The Balaban J connectivity index is 2.06. The second kappa shape index (κ2) is 9.84. The normalized spacial score (nSPS) is 10.7. The van der Waals surface area contributed by atoms with Gasteiger partial charge in [0.05, 0.1) is 19.6 Å². The van der Waals surface area contributed by atoms with Gasteiger partial charge in [0, 0.05) is 11.4 Å². The van der Waals surface area contributed by atoms with Crippen molar-refractivity contribution in [1.29, 1.82) is 0 Å². The van der Waals surface area contributed by atoms with Crippen molar-refractivity contribution >= 4 is 29.1 Å². The number of carbonyl (C=O) groups excluding carboxylic acids is 3. The Kier molecular flexibility index (Phi) is 7.50. The number of nitrogens with one attached hydrogen (secondary N) is 2. The minimum atomic E-state index is -0.607. The highest BCUT2D eigenvalue weighted by Gasteiger charge is 2.18. The number of anilines is 2. The van der Waals surface area contributed by atoms with Crippen molar-refractivity contribution in [2.75, 3.05) is 30.3 Å². The summed E-state index contributed by atoms with van der Waals surface area (Å²) in [4.78, 5) is 37.9. The van der Waals surface area contributed by atoms with Crippen molar-refractivity contribution < 1.29 is 14.4 Å².